The Balaban J connectivity index is 1.51. The van der Waals surface area contributed by atoms with Crippen molar-refractivity contribution in [2.24, 2.45) is 28.9 Å². The molecule has 4 aliphatic rings. The lowest BCUT2D eigenvalue weighted by atomic mass is 9.56. The van der Waals surface area contributed by atoms with Gasteiger partial charge in [-0.2, -0.15) is 5.26 Å². The molecule has 0 aromatic carbocycles. The molecule has 5 nitrogen and oxygen atoms in total. The predicted molar refractivity (Wildman–Crippen MR) is 89.5 cm³/mol. The van der Waals surface area contributed by atoms with E-state index in [1.54, 1.807) is 4.90 Å². The number of carbonyl (C=O) groups excluding carboxylic acids is 1. The van der Waals surface area contributed by atoms with E-state index in [2.05, 4.69) is 13.0 Å². The van der Waals surface area contributed by atoms with Crippen molar-refractivity contribution in [3.05, 3.63) is 0 Å². The van der Waals surface area contributed by atoms with Crippen molar-refractivity contribution in [3.63, 3.8) is 0 Å². The molecule has 0 aromatic heterocycles. The molecule has 1 amide bonds. The summed E-state index contributed by atoms with van der Waals surface area (Å²) in [6.45, 7) is 4.09. The molecule has 3 saturated carbocycles. The van der Waals surface area contributed by atoms with Crippen molar-refractivity contribution in [1.82, 2.24) is 4.90 Å². The molecule has 2 bridgehead atoms. The smallest absolute Gasteiger partial charge is 0.241 e. The van der Waals surface area contributed by atoms with E-state index in [0.29, 0.717) is 17.8 Å². The highest BCUT2D eigenvalue weighted by Crippen LogP contribution is 2.54. The van der Waals surface area contributed by atoms with Gasteiger partial charge < -0.3 is 15.7 Å². The number of carbonyl (C=O) groups is 1. The van der Waals surface area contributed by atoms with E-state index in [-0.39, 0.29) is 23.4 Å². The zero-order valence-corrected chi connectivity index (χ0v) is 14.7. The predicted octanol–water partition coefficient (Wildman–Crippen LogP) is 1.79. The summed E-state index contributed by atoms with van der Waals surface area (Å²) in [6.07, 6.45) is 6.47. The minimum absolute atomic E-state index is 0.0132. The maximum Gasteiger partial charge on any atom is 0.241 e. The van der Waals surface area contributed by atoms with Gasteiger partial charge in [0.05, 0.1) is 17.7 Å². The van der Waals surface area contributed by atoms with Crippen molar-refractivity contribution in [1.29, 1.82) is 5.26 Å². The van der Waals surface area contributed by atoms with E-state index in [0.717, 1.165) is 44.9 Å². The second kappa shape index (κ2) is 5.19. The number of amides is 1. The van der Waals surface area contributed by atoms with Crippen LogP contribution in [0.1, 0.15) is 58.8 Å². The molecule has 1 heterocycles. The molecule has 3 aliphatic carbocycles. The van der Waals surface area contributed by atoms with E-state index in [1.807, 2.05) is 6.92 Å². The number of likely N-dealkylation sites (tertiary alicyclic amines) is 1. The third kappa shape index (κ3) is 2.55. The van der Waals surface area contributed by atoms with E-state index >= 15 is 0 Å². The van der Waals surface area contributed by atoms with Crippen LogP contribution in [0.2, 0.25) is 0 Å². The molecular formula is C19H29N3O2. The quantitative estimate of drug-likeness (QED) is 0.807. The summed E-state index contributed by atoms with van der Waals surface area (Å²) in [5, 5.41) is 19.8. The average molecular weight is 331 g/mol. The largest absolute Gasteiger partial charge is 0.390 e. The standard InChI is InChI=1S/C19H29N3O2/c1-18(6-11-3-12(7-18)9-19(2,24)8-11)16(21)17(23)22-14(10-20)4-13-5-15(13)22/h11-16,24H,3-9,21H2,1-2H3/t11?,12?,13-,14+,15+,16?,18?,19?/m1/s1. The number of hydrogen-bond donors (Lipinski definition) is 2. The maximum absolute atomic E-state index is 13.1. The monoisotopic (exact) mass is 331 g/mol. The first kappa shape index (κ1) is 16.4. The van der Waals surface area contributed by atoms with Gasteiger partial charge in [-0.1, -0.05) is 6.92 Å². The lowest BCUT2D eigenvalue weighted by molar-refractivity contribution is -0.139. The van der Waals surface area contributed by atoms with Crippen molar-refractivity contribution in [3.8, 4) is 6.07 Å². The Bertz CT molecular complexity index is 580. The number of fused-ring (bicyclic) bond motifs is 3. The fourth-order valence-electron chi connectivity index (χ4n) is 6.28. The summed E-state index contributed by atoms with van der Waals surface area (Å²) in [4.78, 5) is 14.9. The zero-order chi connectivity index (χ0) is 17.3. The van der Waals surface area contributed by atoms with Crippen LogP contribution in [0.25, 0.3) is 0 Å². The highest BCUT2D eigenvalue weighted by molar-refractivity contribution is 5.84. The Labute approximate surface area is 144 Å². The number of hydrogen-bond acceptors (Lipinski definition) is 4. The van der Waals surface area contributed by atoms with Crippen molar-refractivity contribution < 1.29 is 9.90 Å². The van der Waals surface area contributed by atoms with Gasteiger partial charge in [0.25, 0.3) is 0 Å². The van der Waals surface area contributed by atoms with Gasteiger partial charge in [-0.25, -0.2) is 0 Å². The lowest BCUT2D eigenvalue weighted by Crippen LogP contribution is -2.57. The number of nitrogens with two attached hydrogens (primary N) is 1. The van der Waals surface area contributed by atoms with Gasteiger partial charge in [-0.15, -0.1) is 0 Å². The number of nitriles is 1. The average Bonchev–Trinajstić information content (AvgIpc) is 3.13. The van der Waals surface area contributed by atoms with E-state index < -0.39 is 11.6 Å². The summed E-state index contributed by atoms with van der Waals surface area (Å²) in [5.74, 6) is 1.42. The van der Waals surface area contributed by atoms with Gasteiger partial charge in [0.15, 0.2) is 0 Å². The Kier molecular flexibility index (Phi) is 3.54. The lowest BCUT2D eigenvalue weighted by Gasteiger charge is -2.51. The SMILES string of the molecule is CC1(O)CC2CC(C1)CC(C)(C(N)C(=O)N1[C@H](C#N)C[C@@H]3C[C@@H]31)C2. The normalized spacial score (nSPS) is 50.8. The number of nitrogens with zero attached hydrogens (tertiary/aromatic N) is 2. The summed E-state index contributed by atoms with van der Waals surface area (Å²) < 4.78 is 0. The Hall–Kier alpha value is -1.12. The van der Waals surface area contributed by atoms with Gasteiger partial charge >= 0.3 is 0 Å². The van der Waals surface area contributed by atoms with Gasteiger partial charge in [0, 0.05) is 6.04 Å². The fourth-order valence-corrected chi connectivity index (χ4v) is 6.28. The van der Waals surface area contributed by atoms with Crippen LogP contribution in [0, 0.1) is 34.5 Å². The van der Waals surface area contributed by atoms with Crippen LogP contribution in [0.4, 0.5) is 0 Å². The summed E-state index contributed by atoms with van der Waals surface area (Å²) >= 11 is 0. The molecule has 0 aromatic rings. The molecule has 0 spiro atoms. The molecule has 132 valence electrons. The third-order valence-corrected chi connectivity index (χ3v) is 7.16. The van der Waals surface area contributed by atoms with Crippen molar-refractivity contribution >= 4 is 5.91 Å². The first-order chi connectivity index (χ1) is 11.2. The molecule has 24 heavy (non-hydrogen) atoms. The van der Waals surface area contributed by atoms with E-state index in [1.165, 1.54) is 0 Å². The molecular weight excluding hydrogens is 302 g/mol. The van der Waals surface area contributed by atoms with Crippen LogP contribution in [-0.2, 0) is 4.79 Å². The van der Waals surface area contributed by atoms with Crippen LogP contribution >= 0.6 is 0 Å². The summed E-state index contributed by atoms with van der Waals surface area (Å²) in [6, 6.07) is 1.75. The van der Waals surface area contributed by atoms with E-state index in [9.17, 15) is 15.2 Å². The Morgan fingerprint density at radius 3 is 2.42 bits per heavy atom. The van der Waals surface area contributed by atoms with Crippen LogP contribution in [0.5, 0.6) is 0 Å². The van der Waals surface area contributed by atoms with Gasteiger partial charge in [0.2, 0.25) is 5.91 Å². The zero-order valence-electron chi connectivity index (χ0n) is 14.7. The highest BCUT2D eigenvalue weighted by Gasteiger charge is 2.57. The molecule has 1 saturated heterocycles. The first-order valence-corrected chi connectivity index (χ1v) is 9.42. The second-order valence-corrected chi connectivity index (χ2v) is 9.60. The minimum Gasteiger partial charge on any atom is -0.390 e. The summed E-state index contributed by atoms with van der Waals surface area (Å²) in [7, 11) is 0. The number of piperidine rings is 1. The Morgan fingerprint density at radius 2 is 1.83 bits per heavy atom. The molecule has 5 heteroatoms. The van der Waals surface area contributed by atoms with Gasteiger partial charge in [-0.3, -0.25) is 4.79 Å². The molecule has 3 unspecified atom stereocenters. The summed E-state index contributed by atoms with van der Waals surface area (Å²) in [5.41, 5.74) is 5.73. The van der Waals surface area contributed by atoms with Crippen LogP contribution in [0.3, 0.4) is 0 Å². The molecule has 0 radical (unpaired) electrons. The first-order valence-electron chi connectivity index (χ1n) is 9.42. The molecule has 6 atom stereocenters. The fraction of sp³-hybridized carbons (Fsp3) is 0.895. The Morgan fingerprint density at radius 1 is 1.21 bits per heavy atom. The molecule has 1 aliphatic heterocycles. The van der Waals surface area contributed by atoms with Crippen molar-refractivity contribution in [2.75, 3.05) is 0 Å². The van der Waals surface area contributed by atoms with E-state index in [4.69, 9.17) is 5.73 Å². The molecule has 3 N–H and O–H groups in total. The highest BCUT2D eigenvalue weighted by atomic mass is 16.3. The van der Waals surface area contributed by atoms with Crippen LogP contribution in [-0.4, -0.2) is 39.6 Å². The van der Waals surface area contributed by atoms with Crippen molar-refractivity contribution in [2.45, 2.75) is 82.5 Å². The van der Waals surface area contributed by atoms with Gasteiger partial charge in [-0.05, 0) is 75.0 Å². The molecule has 4 rings (SSSR count). The molecule has 4 fully saturated rings. The topological polar surface area (TPSA) is 90.3 Å². The number of rotatable bonds is 2. The van der Waals surface area contributed by atoms with Crippen LogP contribution in [0.15, 0.2) is 0 Å². The number of aliphatic hydroxyl groups is 1. The third-order valence-electron chi connectivity index (χ3n) is 7.16. The maximum atomic E-state index is 13.1. The van der Waals surface area contributed by atoms with Gasteiger partial charge in [0.1, 0.15) is 6.04 Å². The van der Waals surface area contributed by atoms with Crippen LogP contribution < -0.4 is 5.73 Å². The minimum atomic E-state index is -0.564. The second-order valence-electron chi connectivity index (χ2n) is 9.60.